The molecule has 2 aromatic heterocycles. The third kappa shape index (κ3) is 4.68. The third-order valence-corrected chi connectivity index (χ3v) is 9.51. The summed E-state index contributed by atoms with van der Waals surface area (Å²) >= 11 is 0. The van der Waals surface area contributed by atoms with Gasteiger partial charge in [-0.3, -0.25) is 0 Å². The summed E-state index contributed by atoms with van der Waals surface area (Å²) in [4.78, 5) is 1.19. The molecule has 0 unspecified atom stereocenters. The predicted molar refractivity (Wildman–Crippen MR) is 222 cm³/mol. The minimum Gasteiger partial charge on any atom is -0.455 e. The molecular formula is C50H31NO2. The van der Waals surface area contributed by atoms with Gasteiger partial charge in [-0.15, -0.1) is 0 Å². The zero-order valence-electron chi connectivity index (χ0n) is 42.5. The fourth-order valence-corrected chi connectivity index (χ4v) is 7.14. The molecule has 11 rings (SSSR count). The van der Waals surface area contributed by atoms with Gasteiger partial charge in [-0.25, -0.2) is 0 Å². The summed E-state index contributed by atoms with van der Waals surface area (Å²) in [6, 6.07) is 18.1. The second-order valence-electron chi connectivity index (χ2n) is 12.5. The van der Waals surface area contributed by atoms with Crippen LogP contribution in [0.2, 0.25) is 0 Å². The highest BCUT2D eigenvalue weighted by Gasteiger charge is 2.21. The van der Waals surface area contributed by atoms with Crippen molar-refractivity contribution in [1.82, 2.24) is 0 Å². The van der Waals surface area contributed by atoms with E-state index < -0.39 is 124 Å². The average Bonchev–Trinajstić information content (AvgIpc) is 3.93. The smallest absolute Gasteiger partial charge is 0.143 e. The Morgan fingerprint density at radius 2 is 1.17 bits per heavy atom. The van der Waals surface area contributed by atoms with E-state index in [1.807, 2.05) is 54.6 Å². The van der Waals surface area contributed by atoms with Crippen molar-refractivity contribution in [3.05, 3.63) is 188 Å². The SMILES string of the molecule is [2H]c1c([2H])c(-c2cccc3c2oc2ccccc23)c([2H])c(N(c2c([2H])c([2H])c(-c3c([2H])c([2H])c([2H])c4c([2H])c([2H])c([2H])c([2H])c34)c([2H])c2[2H])c2cccc3oc4c5ccccc5ccc4c23)c1[2H]. The average molecular weight is 693 g/mol. The Labute approximate surface area is 326 Å². The topological polar surface area (TPSA) is 29.5 Å². The van der Waals surface area contributed by atoms with Gasteiger partial charge in [0.05, 0.1) is 31.6 Å². The van der Waals surface area contributed by atoms with Crippen LogP contribution in [-0.2, 0) is 0 Å². The maximum atomic E-state index is 10.0. The maximum absolute atomic E-state index is 10.0. The zero-order chi connectivity index (χ0) is 47.9. The van der Waals surface area contributed by atoms with E-state index in [2.05, 4.69) is 0 Å². The molecule has 9 aromatic carbocycles. The second-order valence-corrected chi connectivity index (χ2v) is 12.5. The maximum Gasteiger partial charge on any atom is 0.143 e. The summed E-state index contributed by atoms with van der Waals surface area (Å²) in [6.07, 6.45) is 0. The van der Waals surface area contributed by atoms with Crippen LogP contribution < -0.4 is 4.90 Å². The van der Waals surface area contributed by atoms with Crippen LogP contribution in [0.15, 0.2) is 197 Å². The van der Waals surface area contributed by atoms with Crippen LogP contribution in [0.25, 0.3) is 87.7 Å². The molecule has 0 aliphatic rings. The van der Waals surface area contributed by atoms with Gasteiger partial charge >= 0.3 is 0 Å². The van der Waals surface area contributed by atoms with Crippen molar-refractivity contribution in [3.63, 3.8) is 0 Å². The second kappa shape index (κ2) is 11.7. The predicted octanol–water partition coefficient (Wildman–Crippen LogP) is 14.6. The number of fused-ring (bicyclic) bond motifs is 9. The number of para-hydroxylation sites is 2. The van der Waals surface area contributed by atoms with Crippen molar-refractivity contribution in [2.75, 3.05) is 4.90 Å². The van der Waals surface area contributed by atoms with Crippen molar-refractivity contribution < 1.29 is 29.4 Å². The lowest BCUT2D eigenvalue weighted by molar-refractivity contribution is 0.670. The molecule has 3 heteroatoms. The van der Waals surface area contributed by atoms with E-state index in [1.54, 1.807) is 42.5 Å². The molecule has 3 nitrogen and oxygen atoms in total. The lowest BCUT2D eigenvalue weighted by atomic mass is 9.97. The molecule has 0 spiro atoms. The Morgan fingerprint density at radius 3 is 2.11 bits per heavy atom. The summed E-state index contributed by atoms with van der Waals surface area (Å²) in [6.45, 7) is 0. The molecule has 0 N–H and O–H groups in total. The monoisotopic (exact) mass is 692 g/mol. The molecule has 0 saturated carbocycles. The third-order valence-electron chi connectivity index (χ3n) is 9.51. The van der Waals surface area contributed by atoms with E-state index in [0.29, 0.717) is 38.5 Å². The van der Waals surface area contributed by atoms with E-state index in [4.69, 9.17) is 18.4 Å². The molecule has 11 aromatic rings. The number of nitrogens with zero attached hydrogens (tertiary/aromatic N) is 1. The molecule has 0 atom stereocenters. The van der Waals surface area contributed by atoms with E-state index in [1.165, 1.54) is 4.90 Å². The fourth-order valence-electron chi connectivity index (χ4n) is 7.14. The van der Waals surface area contributed by atoms with Gasteiger partial charge < -0.3 is 13.7 Å². The molecule has 0 radical (unpaired) electrons. The summed E-state index contributed by atoms with van der Waals surface area (Å²) in [5.41, 5.74) is -0.142. The highest BCUT2D eigenvalue weighted by atomic mass is 16.3. The van der Waals surface area contributed by atoms with Gasteiger partial charge in [0, 0.05) is 38.5 Å². The number of rotatable bonds is 5. The quantitative estimate of drug-likeness (QED) is 0.180. The molecular weight excluding hydrogens is 647 g/mol. The van der Waals surface area contributed by atoms with Crippen molar-refractivity contribution in [2.45, 2.75) is 0 Å². The Morgan fingerprint density at radius 1 is 0.415 bits per heavy atom. The molecule has 53 heavy (non-hydrogen) atoms. The van der Waals surface area contributed by atoms with E-state index >= 15 is 0 Å². The van der Waals surface area contributed by atoms with Crippen LogP contribution in [0.4, 0.5) is 17.1 Å². The molecule has 0 saturated heterocycles. The first-order valence-corrected chi connectivity index (χ1v) is 16.8. The van der Waals surface area contributed by atoms with Gasteiger partial charge in [-0.05, 0) is 81.3 Å². The first kappa shape index (κ1) is 18.4. The minimum atomic E-state index is -0.811. The standard InChI is InChI=1S/C50H31NO2/c1-3-16-38-32(11-1)13-8-19-39(38)34-25-28-36(29-26-34)51(45-22-10-24-47-48(45)44-30-27-33-12-2-4-17-40(33)50(44)53-47)37-15-7-14-35(31-37)41-20-9-21-43-42-18-5-6-23-46(42)52-49(41)43/h1-31H/i1D,3D,7D,8D,11D,13D,14D,15D,16D,19D,25D,26D,28D,29D,31D. The number of furan rings is 2. The van der Waals surface area contributed by atoms with Gasteiger partial charge in [-0.1, -0.05) is 139 Å². The number of hydrogen-bond donors (Lipinski definition) is 0. The van der Waals surface area contributed by atoms with Gasteiger partial charge in [0.2, 0.25) is 0 Å². The van der Waals surface area contributed by atoms with Crippen molar-refractivity contribution in [2.24, 2.45) is 0 Å². The van der Waals surface area contributed by atoms with E-state index in [9.17, 15) is 11.0 Å². The van der Waals surface area contributed by atoms with Crippen molar-refractivity contribution in [1.29, 1.82) is 0 Å². The fraction of sp³-hybridized carbons (Fsp3) is 0. The number of anilines is 3. The minimum absolute atomic E-state index is 0.115. The molecule has 2 heterocycles. The van der Waals surface area contributed by atoms with Crippen molar-refractivity contribution in [3.8, 4) is 22.3 Å². The first-order valence-electron chi connectivity index (χ1n) is 24.3. The number of hydrogen-bond acceptors (Lipinski definition) is 3. The molecule has 0 bridgehead atoms. The Balaban J connectivity index is 1.28. The van der Waals surface area contributed by atoms with E-state index in [0.717, 1.165) is 16.2 Å². The van der Waals surface area contributed by atoms with Gasteiger partial charge in [0.1, 0.15) is 22.3 Å². The van der Waals surface area contributed by atoms with Gasteiger partial charge in [0.25, 0.3) is 0 Å². The summed E-state index contributed by atoms with van der Waals surface area (Å²) in [7, 11) is 0. The van der Waals surface area contributed by atoms with Crippen LogP contribution in [-0.4, -0.2) is 0 Å². The van der Waals surface area contributed by atoms with Crippen molar-refractivity contribution >= 4 is 82.5 Å². The molecule has 0 amide bonds. The Hall–Kier alpha value is -7.10. The van der Waals surface area contributed by atoms with Crippen LogP contribution in [0.1, 0.15) is 20.6 Å². The first-order chi connectivity index (χ1) is 32.5. The van der Waals surface area contributed by atoms with Gasteiger partial charge in [-0.2, -0.15) is 0 Å². The largest absolute Gasteiger partial charge is 0.455 e. The van der Waals surface area contributed by atoms with Crippen LogP contribution in [0.5, 0.6) is 0 Å². The summed E-state index contributed by atoms with van der Waals surface area (Å²) < 4.78 is 150. The molecule has 0 fully saturated rings. The van der Waals surface area contributed by atoms with E-state index in [-0.39, 0.29) is 16.8 Å². The molecule has 0 aliphatic carbocycles. The Kier molecular flexibility index (Phi) is 4.07. The summed E-state index contributed by atoms with van der Waals surface area (Å²) in [5.74, 6) is 0. The lowest BCUT2D eigenvalue weighted by Crippen LogP contribution is -2.10. The molecule has 0 aliphatic heterocycles. The Bertz CT molecular complexity index is 4030. The zero-order valence-corrected chi connectivity index (χ0v) is 27.5. The summed E-state index contributed by atoms with van der Waals surface area (Å²) in [5, 5.41) is 3.10. The highest BCUT2D eigenvalue weighted by Crippen LogP contribution is 2.46. The van der Waals surface area contributed by atoms with Crippen LogP contribution in [0.3, 0.4) is 0 Å². The van der Waals surface area contributed by atoms with Gasteiger partial charge in [0.15, 0.2) is 0 Å². The molecule has 248 valence electrons. The van der Waals surface area contributed by atoms with Crippen LogP contribution in [0, 0.1) is 0 Å². The van der Waals surface area contributed by atoms with Crippen LogP contribution >= 0.6 is 0 Å². The normalized spacial score (nSPS) is 15.7. The number of benzene rings is 9. The highest BCUT2D eigenvalue weighted by molar-refractivity contribution is 6.19. The lowest BCUT2D eigenvalue weighted by Gasteiger charge is -2.27.